The van der Waals surface area contributed by atoms with Crippen LogP contribution in [0.3, 0.4) is 0 Å². The molecule has 25 heavy (non-hydrogen) atoms. The number of rotatable bonds is 2. The van der Waals surface area contributed by atoms with E-state index in [9.17, 15) is 17.3 Å². The molecule has 1 aromatic heterocycles. The highest BCUT2D eigenvalue weighted by atomic mass is 35.5. The van der Waals surface area contributed by atoms with E-state index in [1.807, 2.05) is 77.0 Å². The number of aromatic nitrogens is 2. The summed E-state index contributed by atoms with van der Waals surface area (Å²) in [5.41, 5.74) is 2.80. The fraction of sp³-hybridized carbons (Fsp3) is 0.0625. The second-order valence-electron chi connectivity index (χ2n) is 5.00. The van der Waals surface area contributed by atoms with Crippen LogP contribution in [0.1, 0.15) is 5.56 Å². The molecule has 0 saturated carbocycles. The van der Waals surface area contributed by atoms with Crippen LogP contribution in [0, 0.1) is 6.92 Å². The lowest BCUT2D eigenvalue weighted by molar-refractivity contribution is -0.672. The van der Waals surface area contributed by atoms with Gasteiger partial charge >= 0.3 is 12.4 Å². The Balaban J connectivity index is 0.000000399. The van der Waals surface area contributed by atoms with E-state index in [0.29, 0.717) is 10.3 Å². The number of hydrogen-bond donors (Lipinski definition) is 0. The Kier molecular flexibility index (Phi) is 6.13. The van der Waals surface area contributed by atoms with E-state index in [2.05, 4.69) is 0 Å². The highest BCUT2D eigenvalue weighted by molar-refractivity contribution is 6.50. The van der Waals surface area contributed by atoms with Gasteiger partial charge in [0.05, 0.1) is 5.56 Å². The molecule has 132 valence electrons. The Hall–Kier alpha value is -1.99. The molecule has 3 aromatic rings. The van der Waals surface area contributed by atoms with Gasteiger partial charge in [0.25, 0.3) is 0 Å². The number of para-hydroxylation sites is 2. The van der Waals surface area contributed by atoms with Crippen molar-refractivity contribution in [3.63, 3.8) is 0 Å². The normalized spacial score (nSPS) is 11.0. The summed E-state index contributed by atoms with van der Waals surface area (Å²) in [4.78, 5) is 0. The Bertz CT molecular complexity index is 768. The van der Waals surface area contributed by atoms with E-state index >= 15 is 0 Å². The molecule has 0 atom stereocenters. The van der Waals surface area contributed by atoms with Crippen LogP contribution in [0.2, 0.25) is 10.3 Å². The molecule has 0 saturated heterocycles. The monoisotopic (exact) mass is 390 g/mol. The van der Waals surface area contributed by atoms with Gasteiger partial charge in [-0.05, 0) is 30.7 Å². The highest BCUT2D eigenvalue weighted by Gasteiger charge is 2.28. The van der Waals surface area contributed by atoms with Gasteiger partial charge in [-0.15, -0.1) is 4.68 Å². The molecular weight excluding hydrogens is 378 g/mol. The van der Waals surface area contributed by atoms with Crippen molar-refractivity contribution in [3.05, 3.63) is 76.5 Å². The zero-order valence-corrected chi connectivity index (χ0v) is 14.5. The van der Waals surface area contributed by atoms with E-state index in [4.69, 9.17) is 23.2 Å². The molecule has 0 aliphatic rings. The maximum atomic E-state index is 9.75. The van der Waals surface area contributed by atoms with Crippen molar-refractivity contribution in [2.75, 3.05) is 0 Å². The molecule has 0 aliphatic carbocycles. The van der Waals surface area contributed by atoms with Crippen LogP contribution in [0.25, 0.3) is 11.4 Å². The fourth-order valence-corrected chi connectivity index (χ4v) is 2.75. The standard InChI is InChI=1S/C16H13Cl2N2.BF4/c1-12-15(17)19(13-8-4-2-5-9-13)20(16(12)18)14-10-6-3-7-11-14;2-1(3,4)5/h2-11H,1H3;/q+1;-1. The van der Waals surface area contributed by atoms with Crippen molar-refractivity contribution in [1.29, 1.82) is 0 Å². The molecule has 2 nitrogen and oxygen atoms in total. The maximum Gasteiger partial charge on any atom is 0.673 e. The smallest absolute Gasteiger partial charge is 0.418 e. The first-order valence-corrected chi connectivity index (χ1v) is 7.92. The van der Waals surface area contributed by atoms with Crippen molar-refractivity contribution in [2.45, 2.75) is 6.92 Å². The predicted molar refractivity (Wildman–Crippen MR) is 92.2 cm³/mol. The summed E-state index contributed by atoms with van der Waals surface area (Å²) in [6.07, 6.45) is 0. The average molecular weight is 391 g/mol. The van der Waals surface area contributed by atoms with Crippen molar-refractivity contribution in [2.24, 2.45) is 0 Å². The third-order valence-electron chi connectivity index (χ3n) is 3.19. The molecule has 0 unspecified atom stereocenters. The SMILES string of the molecule is Cc1c(Cl)n(-c2ccccc2)[n+](-c2ccccc2)c1Cl.F[B-](F)(F)F. The summed E-state index contributed by atoms with van der Waals surface area (Å²) in [5, 5.41) is 1.23. The van der Waals surface area contributed by atoms with Gasteiger partial charge in [0.2, 0.25) is 5.69 Å². The molecule has 0 bridgehead atoms. The minimum absolute atomic E-state index is 0.616. The third kappa shape index (κ3) is 5.00. The first-order chi connectivity index (χ1) is 11.7. The first kappa shape index (κ1) is 19.3. The maximum absolute atomic E-state index is 9.75. The summed E-state index contributed by atoms with van der Waals surface area (Å²) in [6.45, 7) is 1.92. The van der Waals surface area contributed by atoms with Crippen molar-refractivity contribution in [3.8, 4) is 11.4 Å². The van der Waals surface area contributed by atoms with Crippen LogP contribution in [-0.4, -0.2) is 11.9 Å². The second-order valence-corrected chi connectivity index (χ2v) is 5.71. The van der Waals surface area contributed by atoms with Crippen LogP contribution in [0.4, 0.5) is 17.3 Å². The third-order valence-corrected chi connectivity index (χ3v) is 4.08. The summed E-state index contributed by atoms with van der Waals surface area (Å²) < 4.78 is 42.8. The van der Waals surface area contributed by atoms with Gasteiger partial charge in [-0.3, -0.25) is 0 Å². The highest BCUT2D eigenvalue weighted by Crippen LogP contribution is 2.26. The Morgan fingerprint density at radius 3 is 1.76 bits per heavy atom. The van der Waals surface area contributed by atoms with Crippen LogP contribution in [0.15, 0.2) is 60.7 Å². The van der Waals surface area contributed by atoms with Gasteiger partial charge in [-0.2, -0.15) is 0 Å². The summed E-state index contributed by atoms with van der Waals surface area (Å²) >= 11 is 12.9. The fourth-order valence-electron chi connectivity index (χ4n) is 2.17. The van der Waals surface area contributed by atoms with E-state index < -0.39 is 7.25 Å². The van der Waals surface area contributed by atoms with Gasteiger partial charge in [0.1, 0.15) is 5.69 Å². The number of halogens is 6. The Labute approximate surface area is 152 Å². The van der Waals surface area contributed by atoms with Crippen molar-refractivity contribution in [1.82, 2.24) is 4.68 Å². The van der Waals surface area contributed by atoms with Crippen LogP contribution in [-0.2, 0) is 0 Å². The zero-order valence-electron chi connectivity index (χ0n) is 13.0. The quantitative estimate of drug-likeness (QED) is 0.303. The van der Waals surface area contributed by atoms with Gasteiger partial charge in [0.15, 0.2) is 5.15 Å². The van der Waals surface area contributed by atoms with Gasteiger partial charge in [0, 0.05) is 12.1 Å². The molecule has 0 radical (unpaired) electrons. The van der Waals surface area contributed by atoms with E-state index in [0.717, 1.165) is 16.9 Å². The topological polar surface area (TPSA) is 8.81 Å². The van der Waals surface area contributed by atoms with E-state index in [1.165, 1.54) is 0 Å². The van der Waals surface area contributed by atoms with E-state index in [1.54, 1.807) is 0 Å². The Morgan fingerprint density at radius 2 is 1.28 bits per heavy atom. The molecular formula is C16H13BCl2F4N2. The van der Waals surface area contributed by atoms with Gasteiger partial charge in [-0.25, -0.2) is 0 Å². The summed E-state index contributed by atoms with van der Waals surface area (Å²) in [7, 11) is -6.00. The lowest BCUT2D eigenvalue weighted by atomic mass is 10.3. The predicted octanol–water partition coefficient (Wildman–Crippen LogP) is 5.67. The Morgan fingerprint density at radius 1 is 0.840 bits per heavy atom. The second kappa shape index (κ2) is 7.93. The summed E-state index contributed by atoms with van der Waals surface area (Å²) in [6, 6.07) is 19.9. The minimum atomic E-state index is -6.00. The molecule has 0 aliphatic heterocycles. The van der Waals surface area contributed by atoms with Gasteiger partial charge < -0.3 is 17.3 Å². The van der Waals surface area contributed by atoms with Crippen LogP contribution < -0.4 is 4.68 Å². The molecule has 1 heterocycles. The zero-order chi connectivity index (χ0) is 18.6. The number of benzene rings is 2. The lowest BCUT2D eigenvalue weighted by Gasteiger charge is -2.03. The molecule has 0 N–H and O–H groups in total. The molecule has 0 amide bonds. The van der Waals surface area contributed by atoms with Crippen molar-refractivity contribution < 1.29 is 21.9 Å². The molecule has 0 spiro atoms. The average Bonchev–Trinajstić information content (AvgIpc) is 2.79. The molecule has 2 aromatic carbocycles. The largest absolute Gasteiger partial charge is 0.673 e. The van der Waals surface area contributed by atoms with Gasteiger partial charge in [-0.1, -0.05) is 52.7 Å². The molecule has 0 fully saturated rings. The van der Waals surface area contributed by atoms with Crippen LogP contribution >= 0.6 is 23.2 Å². The number of nitrogens with zero attached hydrogens (tertiary/aromatic N) is 2. The minimum Gasteiger partial charge on any atom is -0.418 e. The lowest BCUT2D eigenvalue weighted by Crippen LogP contribution is -2.40. The number of hydrogen-bond acceptors (Lipinski definition) is 0. The molecule has 9 heteroatoms. The first-order valence-electron chi connectivity index (χ1n) is 7.17. The summed E-state index contributed by atoms with van der Waals surface area (Å²) in [5.74, 6) is 0. The molecule has 3 rings (SSSR count). The van der Waals surface area contributed by atoms with E-state index in [-0.39, 0.29) is 0 Å². The van der Waals surface area contributed by atoms with Crippen molar-refractivity contribution >= 4 is 30.5 Å². The van der Waals surface area contributed by atoms with Crippen LogP contribution in [0.5, 0.6) is 0 Å².